The van der Waals surface area contributed by atoms with Gasteiger partial charge in [0, 0.05) is 10.7 Å². The highest BCUT2D eigenvalue weighted by Crippen LogP contribution is 2.43. The molecular formula is C29H26ClNO5. The number of unbranched alkanes of at least 4 members (excludes halogenated alkanes) is 2. The van der Waals surface area contributed by atoms with Gasteiger partial charge in [-0.25, -0.2) is 0 Å². The van der Waals surface area contributed by atoms with E-state index in [1.807, 2.05) is 18.2 Å². The molecule has 2 heterocycles. The standard InChI is InChI=1S/C29H26ClNO5/c1-3-4-7-15-35-23-14-13-18(16-24(23)34-2)26-25-27(32)21-11-5-6-12-22(21)36-28(25)29(33)31(26)20-10-8-9-19(30)17-20/h5-6,8-14,16-17,26H,3-4,7,15H2,1-2H3. The van der Waals surface area contributed by atoms with E-state index in [0.29, 0.717) is 45.3 Å². The molecule has 0 radical (unpaired) electrons. The van der Waals surface area contributed by atoms with Crippen molar-refractivity contribution in [1.82, 2.24) is 0 Å². The van der Waals surface area contributed by atoms with Gasteiger partial charge < -0.3 is 13.9 Å². The lowest BCUT2D eigenvalue weighted by atomic mass is 9.97. The second-order valence-corrected chi connectivity index (χ2v) is 9.13. The number of rotatable bonds is 8. The minimum Gasteiger partial charge on any atom is -0.493 e. The van der Waals surface area contributed by atoms with Crippen LogP contribution in [0.3, 0.4) is 0 Å². The zero-order valence-electron chi connectivity index (χ0n) is 20.1. The average molecular weight is 504 g/mol. The van der Waals surface area contributed by atoms with Gasteiger partial charge in [-0.15, -0.1) is 0 Å². The fourth-order valence-electron chi connectivity index (χ4n) is 4.64. The first-order valence-electron chi connectivity index (χ1n) is 12.0. The van der Waals surface area contributed by atoms with E-state index in [0.717, 1.165) is 19.3 Å². The van der Waals surface area contributed by atoms with Crippen molar-refractivity contribution in [3.05, 3.63) is 98.9 Å². The Morgan fingerprint density at radius 2 is 1.81 bits per heavy atom. The van der Waals surface area contributed by atoms with E-state index in [4.69, 9.17) is 25.5 Å². The molecule has 1 aromatic heterocycles. The summed E-state index contributed by atoms with van der Waals surface area (Å²) >= 11 is 6.27. The largest absolute Gasteiger partial charge is 0.493 e. The van der Waals surface area contributed by atoms with Gasteiger partial charge in [-0.1, -0.05) is 55.6 Å². The maximum atomic E-state index is 13.7. The molecule has 0 saturated carbocycles. The molecule has 6 nitrogen and oxygen atoms in total. The van der Waals surface area contributed by atoms with Crippen LogP contribution in [0.1, 0.15) is 53.9 Å². The number of amides is 1. The number of hydrogen-bond donors (Lipinski definition) is 0. The highest BCUT2D eigenvalue weighted by atomic mass is 35.5. The van der Waals surface area contributed by atoms with Crippen molar-refractivity contribution < 1.29 is 18.7 Å². The second kappa shape index (κ2) is 10.1. The Bertz CT molecular complexity index is 1500. The Labute approximate surface area is 214 Å². The third kappa shape index (κ3) is 4.22. The van der Waals surface area contributed by atoms with Gasteiger partial charge in [0.2, 0.25) is 5.76 Å². The topological polar surface area (TPSA) is 69.0 Å². The van der Waals surface area contributed by atoms with E-state index in [2.05, 4.69) is 6.92 Å². The quantitative estimate of drug-likeness (QED) is 0.248. The molecular weight excluding hydrogens is 478 g/mol. The molecule has 0 N–H and O–H groups in total. The Morgan fingerprint density at radius 3 is 2.58 bits per heavy atom. The average Bonchev–Trinajstić information content (AvgIpc) is 3.19. The predicted molar refractivity (Wildman–Crippen MR) is 141 cm³/mol. The van der Waals surface area contributed by atoms with Gasteiger partial charge in [0.05, 0.1) is 30.7 Å². The van der Waals surface area contributed by atoms with Crippen molar-refractivity contribution in [2.45, 2.75) is 32.2 Å². The fourth-order valence-corrected chi connectivity index (χ4v) is 4.82. The number of anilines is 1. The van der Waals surface area contributed by atoms with Gasteiger partial charge in [0.15, 0.2) is 16.9 Å². The number of halogens is 1. The van der Waals surface area contributed by atoms with Crippen molar-refractivity contribution in [2.75, 3.05) is 18.6 Å². The molecule has 0 bridgehead atoms. The molecule has 4 aromatic rings. The van der Waals surface area contributed by atoms with Crippen LogP contribution in [0.15, 0.2) is 75.9 Å². The van der Waals surface area contributed by atoms with Crippen molar-refractivity contribution >= 4 is 34.2 Å². The molecule has 7 heteroatoms. The van der Waals surface area contributed by atoms with Crippen LogP contribution in [0.5, 0.6) is 11.5 Å². The first-order chi connectivity index (χ1) is 17.5. The summed E-state index contributed by atoms with van der Waals surface area (Å²) in [6, 6.07) is 18.7. The summed E-state index contributed by atoms with van der Waals surface area (Å²) in [6.07, 6.45) is 3.13. The Balaban J connectivity index is 1.66. The smallest absolute Gasteiger partial charge is 0.295 e. The number of nitrogens with zero attached hydrogens (tertiary/aromatic N) is 1. The zero-order valence-corrected chi connectivity index (χ0v) is 20.9. The van der Waals surface area contributed by atoms with Crippen LogP contribution < -0.4 is 19.8 Å². The molecule has 1 aliphatic heterocycles. The molecule has 1 unspecified atom stereocenters. The van der Waals surface area contributed by atoms with E-state index >= 15 is 0 Å². The van der Waals surface area contributed by atoms with Crippen LogP contribution in [0.4, 0.5) is 5.69 Å². The normalized spacial score (nSPS) is 14.8. The van der Waals surface area contributed by atoms with Crippen LogP contribution in [0.2, 0.25) is 5.02 Å². The third-order valence-corrected chi connectivity index (χ3v) is 6.61. The van der Waals surface area contributed by atoms with E-state index in [9.17, 15) is 9.59 Å². The number of methoxy groups -OCH3 is 1. The molecule has 1 atom stereocenters. The van der Waals surface area contributed by atoms with Crippen LogP contribution >= 0.6 is 11.6 Å². The summed E-state index contributed by atoms with van der Waals surface area (Å²) in [5, 5.41) is 0.901. The maximum absolute atomic E-state index is 13.7. The van der Waals surface area contributed by atoms with Crippen LogP contribution in [-0.4, -0.2) is 19.6 Å². The Hall–Kier alpha value is -3.77. The second-order valence-electron chi connectivity index (χ2n) is 8.69. The van der Waals surface area contributed by atoms with E-state index in [1.54, 1.807) is 60.5 Å². The van der Waals surface area contributed by atoms with Crippen molar-refractivity contribution in [1.29, 1.82) is 0 Å². The number of carbonyl (C=O) groups is 1. The van der Waals surface area contributed by atoms with E-state index in [1.165, 1.54) is 0 Å². The Kier molecular flexibility index (Phi) is 6.70. The van der Waals surface area contributed by atoms with Gasteiger partial charge in [-0.2, -0.15) is 0 Å². The molecule has 1 aliphatic rings. The van der Waals surface area contributed by atoms with E-state index in [-0.39, 0.29) is 16.8 Å². The molecule has 0 saturated heterocycles. The predicted octanol–water partition coefficient (Wildman–Crippen LogP) is 6.77. The number of carbonyl (C=O) groups excluding carboxylic acids is 1. The van der Waals surface area contributed by atoms with Crippen LogP contribution in [-0.2, 0) is 0 Å². The lowest BCUT2D eigenvalue weighted by molar-refractivity contribution is 0.0971. The molecule has 184 valence electrons. The number of ether oxygens (including phenoxy) is 2. The molecule has 3 aromatic carbocycles. The van der Waals surface area contributed by atoms with Gasteiger partial charge in [0.25, 0.3) is 5.91 Å². The van der Waals surface area contributed by atoms with Gasteiger partial charge in [-0.05, 0) is 54.4 Å². The minimum absolute atomic E-state index is 0.0301. The SMILES string of the molecule is CCCCCOc1ccc(C2c3c(oc4ccccc4c3=O)C(=O)N2c2cccc(Cl)c2)cc1OC. The highest BCUT2D eigenvalue weighted by Gasteiger charge is 2.44. The zero-order chi connectivity index (χ0) is 25.2. The molecule has 0 aliphatic carbocycles. The number of hydrogen-bond acceptors (Lipinski definition) is 5. The minimum atomic E-state index is -0.727. The summed E-state index contributed by atoms with van der Waals surface area (Å²) in [5.74, 6) is 0.768. The lowest BCUT2D eigenvalue weighted by Crippen LogP contribution is -2.29. The summed E-state index contributed by atoms with van der Waals surface area (Å²) in [5.41, 5.74) is 1.68. The Morgan fingerprint density at radius 1 is 0.972 bits per heavy atom. The monoisotopic (exact) mass is 503 g/mol. The van der Waals surface area contributed by atoms with Crippen molar-refractivity contribution in [2.24, 2.45) is 0 Å². The van der Waals surface area contributed by atoms with E-state index < -0.39 is 11.9 Å². The van der Waals surface area contributed by atoms with Gasteiger partial charge in [0.1, 0.15) is 5.58 Å². The maximum Gasteiger partial charge on any atom is 0.295 e. The lowest BCUT2D eigenvalue weighted by Gasteiger charge is -2.26. The molecule has 0 spiro atoms. The molecule has 0 fully saturated rings. The van der Waals surface area contributed by atoms with Crippen LogP contribution in [0, 0.1) is 0 Å². The molecule has 5 rings (SSSR count). The highest BCUT2D eigenvalue weighted by molar-refractivity contribution is 6.31. The number of benzene rings is 3. The van der Waals surface area contributed by atoms with Gasteiger partial charge in [-0.3, -0.25) is 14.5 Å². The molecule has 1 amide bonds. The fraction of sp³-hybridized carbons (Fsp3) is 0.241. The first kappa shape index (κ1) is 23.9. The van der Waals surface area contributed by atoms with Crippen LogP contribution in [0.25, 0.3) is 11.0 Å². The van der Waals surface area contributed by atoms with Crippen molar-refractivity contribution in [3.8, 4) is 11.5 Å². The third-order valence-electron chi connectivity index (χ3n) is 6.37. The summed E-state index contributed by atoms with van der Waals surface area (Å²) in [4.78, 5) is 29.0. The first-order valence-corrected chi connectivity index (χ1v) is 12.4. The number of fused-ring (bicyclic) bond motifs is 2. The summed E-state index contributed by atoms with van der Waals surface area (Å²) in [6.45, 7) is 2.72. The van der Waals surface area contributed by atoms with Crippen molar-refractivity contribution in [3.63, 3.8) is 0 Å². The molecule has 36 heavy (non-hydrogen) atoms. The number of para-hydroxylation sites is 1. The van der Waals surface area contributed by atoms with Gasteiger partial charge >= 0.3 is 0 Å². The summed E-state index contributed by atoms with van der Waals surface area (Å²) < 4.78 is 17.6. The summed E-state index contributed by atoms with van der Waals surface area (Å²) in [7, 11) is 1.57.